The molecule has 0 aliphatic heterocycles. The van der Waals surface area contributed by atoms with Gasteiger partial charge in [0.25, 0.3) is 0 Å². The first-order valence-corrected chi connectivity index (χ1v) is 5.16. The third kappa shape index (κ3) is 10.9. The van der Waals surface area contributed by atoms with Gasteiger partial charge in [0, 0.05) is 18.8 Å². The third-order valence-electron chi connectivity index (χ3n) is 1.84. The largest absolute Gasteiger partial charge is 0.550 e. The van der Waals surface area contributed by atoms with E-state index in [1.807, 2.05) is 0 Å². The van der Waals surface area contributed by atoms with Gasteiger partial charge in [0.05, 0.1) is 6.61 Å². The van der Waals surface area contributed by atoms with E-state index in [0.29, 0.717) is 12.8 Å². The zero-order valence-electron chi connectivity index (χ0n) is 8.92. The minimum Gasteiger partial charge on any atom is -0.550 e. The van der Waals surface area contributed by atoms with Crippen molar-refractivity contribution >= 4 is 11.9 Å². The lowest BCUT2D eigenvalue weighted by atomic mass is 10.2. The summed E-state index contributed by atoms with van der Waals surface area (Å²) in [6.07, 6.45) is -1.72. The van der Waals surface area contributed by atoms with Gasteiger partial charge in [-0.1, -0.05) is 0 Å². The van der Waals surface area contributed by atoms with E-state index >= 15 is 0 Å². The van der Waals surface area contributed by atoms with Gasteiger partial charge >= 0.3 is 5.97 Å². The SMILES string of the molecule is O=C([O-])CCCCC(=O)OCCCC(F)F. The minimum atomic E-state index is -2.37. The molecule has 0 saturated heterocycles. The number of rotatable bonds is 9. The summed E-state index contributed by atoms with van der Waals surface area (Å²) in [5, 5.41) is 10.0. The second kappa shape index (κ2) is 9.06. The molecule has 0 aromatic heterocycles. The molecule has 0 saturated carbocycles. The van der Waals surface area contributed by atoms with Gasteiger partial charge in [0.2, 0.25) is 6.43 Å². The molecular formula is C10H15F2O4-. The lowest BCUT2D eigenvalue weighted by Crippen LogP contribution is -2.21. The molecule has 0 rings (SSSR count). The fraction of sp³-hybridized carbons (Fsp3) is 0.800. The van der Waals surface area contributed by atoms with Crippen LogP contribution in [0.15, 0.2) is 0 Å². The Bertz CT molecular complexity index is 219. The molecule has 0 heterocycles. The summed E-state index contributed by atoms with van der Waals surface area (Å²) in [5.74, 6) is -1.63. The van der Waals surface area contributed by atoms with Crippen LogP contribution >= 0.6 is 0 Å². The number of esters is 1. The van der Waals surface area contributed by atoms with Gasteiger partial charge in [-0.3, -0.25) is 4.79 Å². The van der Waals surface area contributed by atoms with Crippen molar-refractivity contribution in [3.8, 4) is 0 Å². The molecule has 0 bridgehead atoms. The molecule has 0 radical (unpaired) electrons. The first-order chi connectivity index (χ1) is 7.52. The maximum absolute atomic E-state index is 11.7. The summed E-state index contributed by atoms with van der Waals surface area (Å²) in [5.41, 5.74) is 0. The molecule has 0 aromatic rings. The van der Waals surface area contributed by atoms with E-state index in [4.69, 9.17) is 0 Å². The van der Waals surface area contributed by atoms with Crippen molar-refractivity contribution in [2.75, 3.05) is 6.61 Å². The number of aliphatic carboxylic acids is 1. The normalized spacial score (nSPS) is 10.4. The summed E-state index contributed by atoms with van der Waals surface area (Å²) in [6.45, 7) is -0.0103. The van der Waals surface area contributed by atoms with Crippen LogP contribution in [0.4, 0.5) is 8.78 Å². The predicted molar refractivity (Wildman–Crippen MR) is 49.7 cm³/mol. The monoisotopic (exact) mass is 237 g/mol. The topological polar surface area (TPSA) is 66.4 Å². The Labute approximate surface area is 92.6 Å². The summed E-state index contributed by atoms with van der Waals surface area (Å²) in [4.78, 5) is 21.0. The fourth-order valence-corrected chi connectivity index (χ4v) is 1.03. The second-order valence-corrected chi connectivity index (χ2v) is 3.33. The van der Waals surface area contributed by atoms with Gasteiger partial charge in [-0.05, 0) is 25.7 Å². The molecule has 0 unspecified atom stereocenters. The Kier molecular flexibility index (Phi) is 8.38. The van der Waals surface area contributed by atoms with Gasteiger partial charge in [-0.2, -0.15) is 0 Å². The molecule has 0 atom stereocenters. The van der Waals surface area contributed by atoms with Crippen LogP contribution in [0.5, 0.6) is 0 Å². The van der Waals surface area contributed by atoms with Crippen LogP contribution in [-0.4, -0.2) is 25.0 Å². The standard InChI is InChI=1S/C10H16F2O4/c11-8(12)4-3-7-16-10(15)6-2-1-5-9(13)14/h8H,1-7H2,(H,13,14)/p-1. The van der Waals surface area contributed by atoms with Gasteiger partial charge < -0.3 is 14.6 Å². The van der Waals surface area contributed by atoms with Crippen molar-refractivity contribution in [3.63, 3.8) is 0 Å². The molecule has 94 valence electrons. The number of hydrogen-bond donors (Lipinski definition) is 0. The minimum absolute atomic E-state index is 0.0103. The Balaban J connectivity index is 3.28. The number of carboxylic acids is 1. The average Bonchev–Trinajstić information content (AvgIpc) is 2.19. The summed E-state index contributed by atoms with van der Waals surface area (Å²) >= 11 is 0. The van der Waals surface area contributed by atoms with Crippen LogP contribution in [0, 0.1) is 0 Å². The van der Waals surface area contributed by atoms with E-state index < -0.39 is 18.4 Å². The maximum Gasteiger partial charge on any atom is 0.305 e. The first-order valence-electron chi connectivity index (χ1n) is 5.16. The van der Waals surface area contributed by atoms with Crippen molar-refractivity contribution in [1.29, 1.82) is 0 Å². The van der Waals surface area contributed by atoms with E-state index in [-0.39, 0.29) is 32.3 Å². The van der Waals surface area contributed by atoms with Gasteiger partial charge in [-0.25, -0.2) is 8.78 Å². The Morgan fingerprint density at radius 3 is 2.31 bits per heavy atom. The highest BCUT2D eigenvalue weighted by atomic mass is 19.3. The smallest absolute Gasteiger partial charge is 0.305 e. The highest BCUT2D eigenvalue weighted by Gasteiger charge is 2.05. The number of alkyl halides is 2. The van der Waals surface area contributed by atoms with E-state index in [2.05, 4.69) is 4.74 Å². The summed E-state index contributed by atoms with van der Waals surface area (Å²) in [7, 11) is 0. The van der Waals surface area contributed by atoms with Crippen LogP contribution < -0.4 is 5.11 Å². The lowest BCUT2D eigenvalue weighted by Gasteiger charge is -2.04. The highest BCUT2D eigenvalue weighted by Crippen LogP contribution is 2.04. The van der Waals surface area contributed by atoms with Gasteiger partial charge in [0.1, 0.15) is 0 Å². The van der Waals surface area contributed by atoms with Crippen molar-refractivity contribution in [2.45, 2.75) is 45.0 Å². The van der Waals surface area contributed by atoms with Crippen LogP contribution in [-0.2, 0) is 14.3 Å². The van der Waals surface area contributed by atoms with Crippen molar-refractivity contribution in [2.24, 2.45) is 0 Å². The Morgan fingerprint density at radius 1 is 1.12 bits per heavy atom. The van der Waals surface area contributed by atoms with Gasteiger partial charge in [0.15, 0.2) is 0 Å². The van der Waals surface area contributed by atoms with E-state index in [1.54, 1.807) is 0 Å². The lowest BCUT2D eigenvalue weighted by molar-refractivity contribution is -0.305. The van der Waals surface area contributed by atoms with E-state index in [1.165, 1.54) is 0 Å². The zero-order valence-corrected chi connectivity index (χ0v) is 8.92. The molecule has 0 spiro atoms. The Morgan fingerprint density at radius 2 is 1.75 bits per heavy atom. The number of carbonyl (C=O) groups is 2. The number of carbonyl (C=O) groups excluding carboxylic acids is 2. The molecule has 0 aromatic carbocycles. The molecule has 6 heteroatoms. The van der Waals surface area contributed by atoms with Gasteiger partial charge in [-0.15, -0.1) is 0 Å². The number of carboxylic acid groups (broad SMARTS) is 1. The number of unbranched alkanes of at least 4 members (excludes halogenated alkanes) is 1. The first kappa shape index (κ1) is 14.8. The average molecular weight is 237 g/mol. The predicted octanol–water partition coefficient (Wildman–Crippen LogP) is 0.885. The number of halogens is 2. The fourth-order valence-electron chi connectivity index (χ4n) is 1.03. The molecule has 0 fully saturated rings. The number of hydrogen-bond acceptors (Lipinski definition) is 4. The summed E-state index contributed by atoms with van der Waals surface area (Å²) < 4.78 is 28.0. The molecule has 0 N–H and O–H groups in total. The quantitative estimate of drug-likeness (QED) is 0.441. The molecule has 4 nitrogen and oxygen atoms in total. The molecule has 0 aliphatic rings. The van der Waals surface area contributed by atoms with E-state index in [0.717, 1.165) is 0 Å². The zero-order chi connectivity index (χ0) is 12.4. The van der Waals surface area contributed by atoms with Crippen LogP contribution in [0.3, 0.4) is 0 Å². The van der Waals surface area contributed by atoms with E-state index in [9.17, 15) is 23.5 Å². The van der Waals surface area contributed by atoms with Crippen LogP contribution in [0.2, 0.25) is 0 Å². The van der Waals surface area contributed by atoms with Crippen LogP contribution in [0.1, 0.15) is 38.5 Å². The Hall–Kier alpha value is -1.20. The molecule has 0 amide bonds. The maximum atomic E-state index is 11.7. The van der Waals surface area contributed by atoms with Crippen molar-refractivity contribution < 1.29 is 28.2 Å². The summed E-state index contributed by atoms with van der Waals surface area (Å²) in [6, 6.07) is 0. The molecule has 16 heavy (non-hydrogen) atoms. The van der Waals surface area contributed by atoms with Crippen molar-refractivity contribution in [3.05, 3.63) is 0 Å². The van der Waals surface area contributed by atoms with Crippen molar-refractivity contribution in [1.82, 2.24) is 0 Å². The van der Waals surface area contributed by atoms with Crippen LogP contribution in [0.25, 0.3) is 0 Å². The highest BCUT2D eigenvalue weighted by molar-refractivity contribution is 5.69. The third-order valence-corrected chi connectivity index (χ3v) is 1.84. The molecule has 0 aliphatic carbocycles. The second-order valence-electron chi connectivity index (χ2n) is 3.33. The number of ether oxygens (including phenoxy) is 1. The molecular weight excluding hydrogens is 222 g/mol.